The topological polar surface area (TPSA) is 85.3 Å². The van der Waals surface area contributed by atoms with Crippen molar-refractivity contribution in [1.29, 1.82) is 0 Å². The molecule has 1 N–H and O–H groups in total. The number of carbonyl (C=O) groups is 1. The van der Waals surface area contributed by atoms with Crippen LogP contribution >= 0.6 is 0 Å². The van der Waals surface area contributed by atoms with Gasteiger partial charge in [-0.25, -0.2) is 4.79 Å². The summed E-state index contributed by atoms with van der Waals surface area (Å²) in [6.45, 7) is 20.6. The molecule has 1 aromatic rings. The lowest BCUT2D eigenvalue weighted by molar-refractivity contribution is -0.127. The number of hydrogen-bond donors (Lipinski definition) is 1. The van der Waals surface area contributed by atoms with Crippen LogP contribution in [0.3, 0.4) is 0 Å². The van der Waals surface area contributed by atoms with E-state index in [2.05, 4.69) is 56.5 Å². The monoisotopic (exact) mass is 354 g/mol. The normalized spacial score (nSPS) is 23.0. The molecular formula is C19H34N2O4. The zero-order chi connectivity index (χ0) is 19.8. The Balaban J connectivity index is 0.000000257. The molecular weight excluding hydrogens is 320 g/mol. The Morgan fingerprint density at radius 2 is 1.64 bits per heavy atom. The van der Waals surface area contributed by atoms with E-state index in [0.29, 0.717) is 23.6 Å². The third kappa shape index (κ3) is 4.33. The second kappa shape index (κ2) is 6.96. The number of nitrogens with one attached hydrogen (secondary N) is 1. The Bertz CT molecular complexity index is 652. The van der Waals surface area contributed by atoms with Gasteiger partial charge in [0.2, 0.25) is 11.8 Å². The highest BCUT2D eigenvalue weighted by Gasteiger charge is 2.50. The first-order valence-corrected chi connectivity index (χ1v) is 8.94. The summed E-state index contributed by atoms with van der Waals surface area (Å²) in [5, 5.41) is 6.63. The maximum Gasteiger partial charge on any atom is 0.542 e. The number of nitrogens with zero attached hydrogens (tertiary/aromatic N) is 1. The van der Waals surface area contributed by atoms with Gasteiger partial charge < -0.3 is 9.73 Å². The molecule has 1 aromatic heterocycles. The molecule has 0 saturated carbocycles. The third-order valence-electron chi connectivity index (χ3n) is 6.26. The number of aromatic nitrogens is 1. The van der Waals surface area contributed by atoms with E-state index in [1.807, 2.05) is 27.7 Å². The molecule has 0 spiro atoms. The Hall–Kier alpha value is -1.59. The zero-order valence-electron chi connectivity index (χ0n) is 17.3. The van der Waals surface area contributed by atoms with Crippen LogP contribution in [0.25, 0.3) is 0 Å². The summed E-state index contributed by atoms with van der Waals surface area (Å²) in [7, 11) is 0. The summed E-state index contributed by atoms with van der Waals surface area (Å²) in [6.07, 6.45) is 0. The fourth-order valence-electron chi connectivity index (χ4n) is 3.13. The zero-order valence-corrected chi connectivity index (χ0v) is 17.3. The Morgan fingerprint density at radius 1 is 1.12 bits per heavy atom. The lowest BCUT2D eigenvalue weighted by atomic mass is 9.74. The van der Waals surface area contributed by atoms with Gasteiger partial charge in [0, 0.05) is 16.4 Å². The van der Waals surface area contributed by atoms with E-state index in [1.165, 1.54) is 0 Å². The third-order valence-corrected chi connectivity index (χ3v) is 6.26. The van der Waals surface area contributed by atoms with Gasteiger partial charge in [-0.3, -0.25) is 9.32 Å². The molecule has 1 fully saturated rings. The predicted molar refractivity (Wildman–Crippen MR) is 97.2 cm³/mol. The lowest BCUT2D eigenvalue weighted by Crippen LogP contribution is -2.38. The number of hydrogen-bond acceptors (Lipinski definition) is 5. The van der Waals surface area contributed by atoms with Crippen LogP contribution in [-0.4, -0.2) is 16.6 Å². The average Bonchev–Trinajstić information content (AvgIpc) is 2.97. The minimum absolute atomic E-state index is 0.0411. The molecule has 1 saturated heterocycles. The van der Waals surface area contributed by atoms with E-state index in [9.17, 15) is 9.59 Å². The highest BCUT2D eigenvalue weighted by atomic mass is 16.6. The van der Waals surface area contributed by atoms with Gasteiger partial charge in [0.15, 0.2) is 0 Å². The Labute approximate surface area is 150 Å². The van der Waals surface area contributed by atoms with Gasteiger partial charge in [0.1, 0.15) is 0 Å². The molecule has 6 heteroatoms. The van der Waals surface area contributed by atoms with Crippen LogP contribution in [0.1, 0.15) is 75.1 Å². The van der Waals surface area contributed by atoms with Crippen LogP contribution in [0.5, 0.6) is 0 Å². The van der Waals surface area contributed by atoms with E-state index in [1.54, 1.807) is 0 Å². The van der Waals surface area contributed by atoms with Gasteiger partial charge in [-0.05, 0) is 36.8 Å². The van der Waals surface area contributed by atoms with Crippen molar-refractivity contribution in [3.8, 4) is 0 Å². The number of amides is 1. The second-order valence-corrected chi connectivity index (χ2v) is 9.21. The maximum absolute atomic E-state index is 11.4. The van der Waals surface area contributed by atoms with Gasteiger partial charge in [-0.15, -0.1) is 0 Å². The van der Waals surface area contributed by atoms with Crippen LogP contribution in [0.2, 0.25) is 0 Å². The van der Waals surface area contributed by atoms with Crippen LogP contribution in [0, 0.1) is 23.2 Å². The molecule has 0 aromatic carbocycles. The van der Waals surface area contributed by atoms with E-state index in [-0.39, 0.29) is 22.3 Å². The summed E-state index contributed by atoms with van der Waals surface area (Å²) in [5.74, 6) is 1.06. The molecule has 0 radical (unpaired) electrons. The van der Waals surface area contributed by atoms with Gasteiger partial charge in [0.05, 0.1) is 0 Å². The summed E-state index contributed by atoms with van der Waals surface area (Å²) in [6, 6.07) is 0. The first-order chi connectivity index (χ1) is 11.1. The van der Waals surface area contributed by atoms with E-state index in [4.69, 9.17) is 4.42 Å². The first-order valence-electron chi connectivity index (χ1n) is 8.94. The molecule has 6 nitrogen and oxygen atoms in total. The van der Waals surface area contributed by atoms with E-state index >= 15 is 0 Å². The predicted octanol–water partition coefficient (Wildman–Crippen LogP) is 3.75. The molecule has 1 aliphatic rings. The highest BCUT2D eigenvalue weighted by Crippen LogP contribution is 2.40. The van der Waals surface area contributed by atoms with Crippen LogP contribution in [-0.2, 0) is 10.2 Å². The summed E-state index contributed by atoms with van der Waals surface area (Å²) in [5.41, 5.74) is -0.523. The van der Waals surface area contributed by atoms with Gasteiger partial charge in [-0.1, -0.05) is 55.4 Å². The van der Waals surface area contributed by atoms with Crippen molar-refractivity contribution < 1.29 is 13.7 Å². The van der Waals surface area contributed by atoms with Crippen molar-refractivity contribution in [1.82, 2.24) is 10.5 Å². The van der Waals surface area contributed by atoms with Crippen LogP contribution < -0.4 is 11.1 Å². The van der Waals surface area contributed by atoms with Crippen molar-refractivity contribution in [2.24, 2.45) is 23.2 Å². The molecule has 25 heavy (non-hydrogen) atoms. The second-order valence-electron chi connectivity index (χ2n) is 9.21. The molecule has 144 valence electrons. The van der Waals surface area contributed by atoms with Crippen molar-refractivity contribution in [2.75, 3.05) is 0 Å². The Kier molecular flexibility index (Phi) is 5.97. The van der Waals surface area contributed by atoms with Crippen molar-refractivity contribution in [3.63, 3.8) is 0 Å². The van der Waals surface area contributed by atoms with Crippen LogP contribution in [0.4, 0.5) is 0 Å². The SMILES string of the molecule is CC(C)C(C)C(C)(C)c1noc(=O)o1.CC1C(C)(C)NC(=O)C1(C)C. The molecule has 2 rings (SSSR count). The van der Waals surface area contributed by atoms with E-state index < -0.39 is 5.82 Å². The largest absolute Gasteiger partial charge is 0.542 e. The quantitative estimate of drug-likeness (QED) is 0.893. The van der Waals surface area contributed by atoms with Crippen molar-refractivity contribution >= 4 is 5.91 Å². The standard InChI is InChI=1S/C10H17NO3.C9H17NO/c1-6(2)7(3)10(4,5)8-11-14-9(12)13-8;1-6-8(2,3)7(11)10-9(6,4)5/h6-7H,1-5H3;6H,1-5H3,(H,10,11). The average molecular weight is 354 g/mol. The van der Waals surface area contributed by atoms with Gasteiger partial charge in [0.25, 0.3) is 0 Å². The van der Waals surface area contributed by atoms with Crippen molar-refractivity contribution in [2.45, 2.75) is 80.2 Å². The molecule has 0 bridgehead atoms. The van der Waals surface area contributed by atoms with Crippen LogP contribution in [0.15, 0.2) is 13.7 Å². The molecule has 0 aliphatic carbocycles. The lowest BCUT2D eigenvalue weighted by Gasteiger charge is -2.30. The smallest absolute Gasteiger partial charge is 0.374 e. The molecule has 2 atom stereocenters. The molecule has 1 amide bonds. The van der Waals surface area contributed by atoms with E-state index in [0.717, 1.165) is 0 Å². The summed E-state index contributed by atoms with van der Waals surface area (Å²) in [4.78, 5) is 22.1. The fraction of sp³-hybridized carbons (Fsp3) is 0.842. The molecule has 2 unspecified atom stereocenters. The minimum Gasteiger partial charge on any atom is -0.374 e. The van der Waals surface area contributed by atoms with Gasteiger partial charge in [-0.2, -0.15) is 0 Å². The summed E-state index contributed by atoms with van der Waals surface area (Å²) < 4.78 is 9.29. The summed E-state index contributed by atoms with van der Waals surface area (Å²) >= 11 is 0. The fourth-order valence-corrected chi connectivity index (χ4v) is 3.13. The highest BCUT2D eigenvalue weighted by molar-refractivity contribution is 5.85. The Morgan fingerprint density at radius 3 is 1.88 bits per heavy atom. The van der Waals surface area contributed by atoms with Gasteiger partial charge >= 0.3 is 5.82 Å². The number of carbonyl (C=O) groups excluding carboxylic acids is 1. The minimum atomic E-state index is -0.732. The molecule has 2 heterocycles. The number of rotatable bonds is 3. The molecule has 1 aliphatic heterocycles. The first kappa shape index (κ1) is 21.5. The maximum atomic E-state index is 11.4. The van der Waals surface area contributed by atoms with Crippen molar-refractivity contribution in [3.05, 3.63) is 16.5 Å².